The number of nitrogens with two attached hydrogens (primary N) is 1. The Kier molecular flexibility index (Phi) is 3.80. The second kappa shape index (κ2) is 5.32. The lowest BCUT2D eigenvalue weighted by molar-refractivity contribution is 0.0255. The topological polar surface area (TPSA) is 44.5 Å². The lowest BCUT2D eigenvalue weighted by Gasteiger charge is -2.23. The lowest BCUT2D eigenvalue weighted by Crippen LogP contribution is -2.25. The van der Waals surface area contributed by atoms with E-state index in [1.54, 1.807) is 0 Å². The van der Waals surface area contributed by atoms with E-state index in [0.29, 0.717) is 6.10 Å². The first-order valence-corrected chi connectivity index (χ1v) is 5.85. The predicted octanol–water partition coefficient (Wildman–Crippen LogP) is 2.26. The van der Waals surface area contributed by atoms with Crippen molar-refractivity contribution < 1.29 is 9.47 Å². The minimum Gasteiger partial charge on any atom is -0.490 e. The van der Waals surface area contributed by atoms with E-state index in [2.05, 4.69) is 0 Å². The minimum atomic E-state index is 0.0807. The number of ether oxygens (including phenoxy) is 2. The Bertz CT molecular complexity index is 315. The van der Waals surface area contributed by atoms with E-state index in [4.69, 9.17) is 15.2 Å². The Morgan fingerprint density at radius 2 is 1.88 bits per heavy atom. The van der Waals surface area contributed by atoms with E-state index in [1.165, 1.54) is 0 Å². The molecule has 16 heavy (non-hydrogen) atoms. The van der Waals surface area contributed by atoms with E-state index in [9.17, 15) is 0 Å². The third-order valence-corrected chi connectivity index (χ3v) is 2.88. The van der Waals surface area contributed by atoms with Crippen molar-refractivity contribution in [2.75, 3.05) is 13.2 Å². The molecular formula is C13H19NO2. The SMILES string of the molecule is C[C@@H](N)c1ccc(OC2CCOCC2)cc1. The molecule has 1 aliphatic heterocycles. The summed E-state index contributed by atoms with van der Waals surface area (Å²) in [5.41, 5.74) is 6.93. The highest BCUT2D eigenvalue weighted by molar-refractivity contribution is 5.28. The molecule has 0 aromatic heterocycles. The summed E-state index contributed by atoms with van der Waals surface area (Å²) < 4.78 is 11.2. The zero-order chi connectivity index (χ0) is 11.4. The van der Waals surface area contributed by atoms with Gasteiger partial charge in [0.1, 0.15) is 11.9 Å². The molecule has 1 aliphatic rings. The quantitative estimate of drug-likeness (QED) is 0.851. The number of hydrogen-bond donors (Lipinski definition) is 1. The molecule has 1 aromatic carbocycles. The Hall–Kier alpha value is -1.06. The second-order valence-corrected chi connectivity index (χ2v) is 4.29. The van der Waals surface area contributed by atoms with Gasteiger partial charge >= 0.3 is 0 Å². The van der Waals surface area contributed by atoms with Crippen molar-refractivity contribution >= 4 is 0 Å². The Morgan fingerprint density at radius 1 is 1.25 bits per heavy atom. The van der Waals surface area contributed by atoms with Crippen LogP contribution < -0.4 is 10.5 Å². The van der Waals surface area contributed by atoms with Crippen molar-refractivity contribution in [3.8, 4) is 5.75 Å². The largest absolute Gasteiger partial charge is 0.490 e. The van der Waals surface area contributed by atoms with Gasteiger partial charge in [-0.25, -0.2) is 0 Å². The zero-order valence-corrected chi connectivity index (χ0v) is 9.69. The van der Waals surface area contributed by atoms with Gasteiger partial charge in [-0.1, -0.05) is 12.1 Å². The highest BCUT2D eigenvalue weighted by atomic mass is 16.5. The zero-order valence-electron chi connectivity index (χ0n) is 9.69. The number of hydrogen-bond acceptors (Lipinski definition) is 3. The first-order valence-electron chi connectivity index (χ1n) is 5.85. The molecule has 0 bridgehead atoms. The molecular weight excluding hydrogens is 202 g/mol. The summed E-state index contributed by atoms with van der Waals surface area (Å²) in [6, 6.07) is 8.12. The van der Waals surface area contributed by atoms with Gasteiger partial charge in [0.2, 0.25) is 0 Å². The van der Waals surface area contributed by atoms with Crippen molar-refractivity contribution in [2.45, 2.75) is 31.9 Å². The van der Waals surface area contributed by atoms with Crippen molar-refractivity contribution in [3.63, 3.8) is 0 Å². The van der Waals surface area contributed by atoms with Gasteiger partial charge in [-0.15, -0.1) is 0 Å². The van der Waals surface area contributed by atoms with Crippen molar-refractivity contribution in [3.05, 3.63) is 29.8 Å². The fourth-order valence-electron chi connectivity index (χ4n) is 1.84. The Labute approximate surface area is 96.5 Å². The minimum absolute atomic E-state index is 0.0807. The van der Waals surface area contributed by atoms with Crippen LogP contribution in [0.25, 0.3) is 0 Å². The summed E-state index contributed by atoms with van der Waals surface area (Å²) in [5, 5.41) is 0. The standard InChI is InChI=1S/C13H19NO2/c1-10(14)11-2-4-12(5-3-11)16-13-6-8-15-9-7-13/h2-5,10,13H,6-9,14H2,1H3/t10-/m1/s1. The van der Waals surface area contributed by atoms with Crippen LogP contribution in [-0.4, -0.2) is 19.3 Å². The maximum atomic E-state index is 5.87. The van der Waals surface area contributed by atoms with Crippen LogP contribution in [0, 0.1) is 0 Å². The molecule has 0 saturated carbocycles. The van der Waals surface area contributed by atoms with Crippen molar-refractivity contribution in [1.82, 2.24) is 0 Å². The van der Waals surface area contributed by atoms with Gasteiger partial charge in [-0.05, 0) is 24.6 Å². The maximum absolute atomic E-state index is 5.87. The third kappa shape index (κ3) is 2.97. The highest BCUT2D eigenvalue weighted by Gasteiger charge is 2.15. The third-order valence-electron chi connectivity index (χ3n) is 2.88. The molecule has 1 aromatic rings. The summed E-state index contributed by atoms with van der Waals surface area (Å²) in [5.74, 6) is 0.927. The van der Waals surface area contributed by atoms with E-state index in [0.717, 1.165) is 37.4 Å². The fourth-order valence-corrected chi connectivity index (χ4v) is 1.84. The van der Waals surface area contributed by atoms with Gasteiger partial charge in [0.15, 0.2) is 0 Å². The van der Waals surface area contributed by atoms with Gasteiger partial charge < -0.3 is 15.2 Å². The van der Waals surface area contributed by atoms with E-state index < -0.39 is 0 Å². The normalized spacial score (nSPS) is 19.4. The summed E-state index contributed by atoms with van der Waals surface area (Å²) in [6.07, 6.45) is 2.26. The first kappa shape index (κ1) is 11.4. The van der Waals surface area contributed by atoms with Gasteiger partial charge in [0.25, 0.3) is 0 Å². The number of benzene rings is 1. The van der Waals surface area contributed by atoms with Gasteiger partial charge in [0.05, 0.1) is 13.2 Å². The average molecular weight is 221 g/mol. The molecule has 1 heterocycles. The van der Waals surface area contributed by atoms with Crippen LogP contribution >= 0.6 is 0 Å². The van der Waals surface area contributed by atoms with Crippen molar-refractivity contribution in [2.24, 2.45) is 5.73 Å². The van der Waals surface area contributed by atoms with Crippen LogP contribution in [0.5, 0.6) is 5.75 Å². The van der Waals surface area contributed by atoms with Gasteiger partial charge in [0, 0.05) is 18.9 Å². The fraction of sp³-hybridized carbons (Fsp3) is 0.538. The average Bonchev–Trinajstić information content (AvgIpc) is 2.31. The van der Waals surface area contributed by atoms with Crippen LogP contribution in [0.3, 0.4) is 0 Å². The molecule has 0 amide bonds. The second-order valence-electron chi connectivity index (χ2n) is 4.29. The molecule has 0 unspecified atom stereocenters. The number of rotatable bonds is 3. The smallest absolute Gasteiger partial charge is 0.119 e. The molecule has 0 radical (unpaired) electrons. The maximum Gasteiger partial charge on any atom is 0.119 e. The Balaban J connectivity index is 1.93. The van der Waals surface area contributed by atoms with Crippen LogP contribution in [0.1, 0.15) is 31.4 Å². The molecule has 88 valence electrons. The molecule has 2 rings (SSSR count). The van der Waals surface area contributed by atoms with E-state index in [1.807, 2.05) is 31.2 Å². The Morgan fingerprint density at radius 3 is 2.44 bits per heavy atom. The van der Waals surface area contributed by atoms with Crippen LogP contribution in [0.2, 0.25) is 0 Å². The molecule has 3 nitrogen and oxygen atoms in total. The van der Waals surface area contributed by atoms with E-state index in [-0.39, 0.29) is 6.04 Å². The van der Waals surface area contributed by atoms with Crippen LogP contribution in [0.4, 0.5) is 0 Å². The van der Waals surface area contributed by atoms with Gasteiger partial charge in [-0.2, -0.15) is 0 Å². The van der Waals surface area contributed by atoms with Crippen LogP contribution in [0.15, 0.2) is 24.3 Å². The summed E-state index contributed by atoms with van der Waals surface area (Å²) in [6.45, 7) is 3.60. The van der Waals surface area contributed by atoms with Crippen LogP contribution in [-0.2, 0) is 4.74 Å². The molecule has 2 N–H and O–H groups in total. The van der Waals surface area contributed by atoms with Gasteiger partial charge in [-0.3, -0.25) is 0 Å². The monoisotopic (exact) mass is 221 g/mol. The summed E-state index contributed by atoms with van der Waals surface area (Å²) in [4.78, 5) is 0. The molecule has 0 spiro atoms. The highest BCUT2D eigenvalue weighted by Crippen LogP contribution is 2.20. The van der Waals surface area contributed by atoms with E-state index >= 15 is 0 Å². The summed E-state index contributed by atoms with van der Waals surface area (Å²) in [7, 11) is 0. The lowest BCUT2D eigenvalue weighted by atomic mass is 10.1. The molecule has 1 atom stereocenters. The molecule has 1 fully saturated rings. The molecule has 0 aliphatic carbocycles. The van der Waals surface area contributed by atoms with Crippen molar-refractivity contribution in [1.29, 1.82) is 0 Å². The molecule has 1 saturated heterocycles. The summed E-state index contributed by atoms with van der Waals surface area (Å²) >= 11 is 0. The predicted molar refractivity (Wildman–Crippen MR) is 63.5 cm³/mol. The molecule has 3 heteroatoms. The first-order chi connectivity index (χ1) is 7.75.